The summed E-state index contributed by atoms with van der Waals surface area (Å²) in [6.45, 7) is 1.87. The van der Waals surface area contributed by atoms with Crippen LogP contribution in [-0.2, 0) is 4.79 Å². The molecule has 0 radical (unpaired) electrons. The number of fused-ring (bicyclic) bond motifs is 2. The lowest BCUT2D eigenvalue weighted by Crippen LogP contribution is -2.48. The number of aryl methyl sites for hydroxylation is 1. The van der Waals surface area contributed by atoms with Crippen molar-refractivity contribution >= 4 is 11.9 Å². The van der Waals surface area contributed by atoms with Crippen molar-refractivity contribution in [2.75, 3.05) is 0 Å². The molecule has 2 aromatic heterocycles. The van der Waals surface area contributed by atoms with E-state index in [1.165, 1.54) is 6.33 Å². The summed E-state index contributed by atoms with van der Waals surface area (Å²) in [5.74, 6) is -1.21. The topological polar surface area (TPSA) is 112 Å². The molecule has 4 rings (SSSR count). The van der Waals surface area contributed by atoms with Gasteiger partial charge in [0.05, 0.1) is 11.6 Å². The molecule has 8 nitrogen and oxygen atoms in total. The normalized spacial score (nSPS) is 25.2. The van der Waals surface area contributed by atoms with Crippen LogP contribution in [0, 0.1) is 12.8 Å². The van der Waals surface area contributed by atoms with Crippen LogP contribution in [-0.4, -0.2) is 54.1 Å². The van der Waals surface area contributed by atoms with E-state index in [2.05, 4.69) is 20.2 Å². The van der Waals surface area contributed by atoms with Gasteiger partial charge in [0.1, 0.15) is 17.7 Å². The first kappa shape index (κ1) is 15.7. The third-order valence-electron chi connectivity index (χ3n) is 5.19. The van der Waals surface area contributed by atoms with Crippen LogP contribution in [0.15, 0.2) is 18.5 Å². The van der Waals surface area contributed by atoms with Crippen molar-refractivity contribution in [3.63, 3.8) is 0 Å². The fourth-order valence-electron chi connectivity index (χ4n) is 4.01. The molecule has 0 aliphatic carbocycles. The second-order valence-electron chi connectivity index (χ2n) is 6.82. The number of nitrogens with one attached hydrogen (secondary N) is 1. The number of carbonyl (C=O) groups excluding carboxylic acids is 1. The van der Waals surface area contributed by atoms with Gasteiger partial charge in [0.2, 0.25) is 0 Å². The monoisotopic (exact) mass is 341 g/mol. The molecule has 1 amide bonds. The number of hydrogen-bond acceptors (Lipinski definition) is 5. The number of piperidine rings is 1. The number of carboxylic acid groups (broad SMARTS) is 1. The Kier molecular flexibility index (Phi) is 3.74. The van der Waals surface area contributed by atoms with Crippen LogP contribution in [0.2, 0.25) is 0 Å². The fraction of sp³-hybridized carbons (Fsp3) is 0.471. The van der Waals surface area contributed by atoms with E-state index in [4.69, 9.17) is 0 Å². The van der Waals surface area contributed by atoms with Gasteiger partial charge in [0.25, 0.3) is 5.91 Å². The number of carboxylic acids is 1. The number of hydrogen-bond donors (Lipinski definition) is 2. The Morgan fingerprint density at radius 2 is 1.88 bits per heavy atom. The van der Waals surface area contributed by atoms with Gasteiger partial charge < -0.3 is 10.0 Å². The molecule has 2 unspecified atom stereocenters. The van der Waals surface area contributed by atoms with Crippen LogP contribution in [0.3, 0.4) is 0 Å². The van der Waals surface area contributed by atoms with E-state index in [1.54, 1.807) is 6.07 Å². The molecule has 0 saturated carbocycles. The van der Waals surface area contributed by atoms with Crippen LogP contribution in [0.4, 0.5) is 0 Å². The lowest BCUT2D eigenvalue weighted by atomic mass is 9.90. The van der Waals surface area contributed by atoms with Gasteiger partial charge in [0.15, 0.2) is 0 Å². The average Bonchev–Trinajstić information content (AvgIpc) is 3.17. The minimum atomic E-state index is -0.757. The largest absolute Gasteiger partial charge is 0.481 e. The van der Waals surface area contributed by atoms with Crippen LogP contribution >= 0.6 is 0 Å². The summed E-state index contributed by atoms with van der Waals surface area (Å²) in [4.78, 5) is 34.3. The summed E-state index contributed by atoms with van der Waals surface area (Å²) in [5.41, 5.74) is 2.50. The zero-order chi connectivity index (χ0) is 17.6. The molecule has 0 aromatic carbocycles. The molecule has 2 bridgehead atoms. The van der Waals surface area contributed by atoms with Gasteiger partial charge in [-0.25, -0.2) is 9.97 Å². The number of aliphatic carboxylic acids is 1. The van der Waals surface area contributed by atoms with Crippen LogP contribution in [0.5, 0.6) is 0 Å². The standard InChI is InChI=1S/C17H19N5O3/c1-9-4-13(19-8-18-9)14-7-15(21-20-14)16(23)22-11-2-3-12(22)6-10(5-11)17(24)25/h4,7-8,10-12H,2-3,5-6H2,1H3,(H,20,21)(H,24,25)/t10?,11-,12?/m0/s1. The Morgan fingerprint density at radius 1 is 1.16 bits per heavy atom. The minimum absolute atomic E-state index is 0.000365. The van der Waals surface area contributed by atoms with E-state index in [0.717, 1.165) is 18.5 Å². The minimum Gasteiger partial charge on any atom is -0.481 e. The number of carbonyl (C=O) groups is 2. The summed E-state index contributed by atoms with van der Waals surface area (Å²) >= 11 is 0. The molecule has 2 saturated heterocycles. The third-order valence-corrected chi connectivity index (χ3v) is 5.19. The Labute approximate surface area is 144 Å². The first-order chi connectivity index (χ1) is 12.0. The maximum absolute atomic E-state index is 12.9. The number of rotatable bonds is 3. The van der Waals surface area contributed by atoms with Gasteiger partial charge in [0, 0.05) is 17.8 Å². The molecular formula is C17H19N5O3. The Morgan fingerprint density at radius 3 is 2.52 bits per heavy atom. The van der Waals surface area contributed by atoms with Crippen molar-refractivity contribution in [2.24, 2.45) is 5.92 Å². The van der Waals surface area contributed by atoms with Crippen molar-refractivity contribution < 1.29 is 14.7 Å². The number of aromatic amines is 1. The smallest absolute Gasteiger partial charge is 0.306 e. The zero-order valence-electron chi connectivity index (χ0n) is 13.8. The van der Waals surface area contributed by atoms with Crippen LogP contribution in [0.1, 0.15) is 41.9 Å². The van der Waals surface area contributed by atoms with Gasteiger partial charge >= 0.3 is 5.97 Å². The van der Waals surface area contributed by atoms with Crippen LogP contribution < -0.4 is 0 Å². The van der Waals surface area contributed by atoms with E-state index < -0.39 is 5.97 Å². The summed E-state index contributed by atoms with van der Waals surface area (Å²) in [6, 6.07) is 3.51. The van der Waals surface area contributed by atoms with Crippen LogP contribution in [0.25, 0.3) is 11.4 Å². The second kappa shape index (κ2) is 5.94. The molecule has 2 N–H and O–H groups in total. The molecule has 4 heterocycles. The van der Waals surface area contributed by atoms with E-state index >= 15 is 0 Å². The molecule has 2 aromatic rings. The van der Waals surface area contributed by atoms with Crippen molar-refractivity contribution in [3.05, 3.63) is 29.8 Å². The molecule has 3 atom stereocenters. The highest BCUT2D eigenvalue weighted by molar-refractivity contribution is 5.94. The average molecular weight is 341 g/mol. The molecule has 2 aliphatic heterocycles. The number of nitrogens with zero attached hydrogens (tertiary/aromatic N) is 4. The molecule has 2 aliphatic rings. The van der Waals surface area contributed by atoms with Crippen molar-refractivity contribution in [1.29, 1.82) is 0 Å². The van der Waals surface area contributed by atoms with Gasteiger partial charge in [-0.2, -0.15) is 5.10 Å². The lowest BCUT2D eigenvalue weighted by molar-refractivity contribution is -0.144. The highest BCUT2D eigenvalue weighted by Crippen LogP contribution is 2.39. The Hall–Kier alpha value is -2.77. The Balaban J connectivity index is 1.56. The van der Waals surface area contributed by atoms with Gasteiger partial charge in [-0.1, -0.05) is 0 Å². The van der Waals surface area contributed by atoms with E-state index in [0.29, 0.717) is 29.9 Å². The maximum atomic E-state index is 12.9. The number of amides is 1. The summed E-state index contributed by atoms with van der Waals surface area (Å²) in [7, 11) is 0. The van der Waals surface area contributed by atoms with Crippen molar-refractivity contribution in [3.8, 4) is 11.4 Å². The predicted octanol–water partition coefficient (Wildman–Crippen LogP) is 1.64. The molecule has 8 heteroatoms. The van der Waals surface area contributed by atoms with E-state index in [1.807, 2.05) is 17.9 Å². The summed E-state index contributed by atoms with van der Waals surface area (Å²) in [6.07, 6.45) is 4.27. The third kappa shape index (κ3) is 2.77. The second-order valence-corrected chi connectivity index (χ2v) is 6.82. The highest BCUT2D eigenvalue weighted by Gasteiger charge is 2.45. The molecule has 2 fully saturated rings. The molecule has 130 valence electrons. The quantitative estimate of drug-likeness (QED) is 0.878. The van der Waals surface area contributed by atoms with Gasteiger partial charge in [-0.05, 0) is 44.7 Å². The van der Waals surface area contributed by atoms with Gasteiger partial charge in [-0.15, -0.1) is 0 Å². The number of H-pyrrole nitrogens is 1. The van der Waals surface area contributed by atoms with Crippen molar-refractivity contribution in [2.45, 2.75) is 44.7 Å². The number of aromatic nitrogens is 4. The van der Waals surface area contributed by atoms with Gasteiger partial charge in [-0.3, -0.25) is 14.7 Å². The van der Waals surface area contributed by atoms with E-state index in [9.17, 15) is 14.7 Å². The fourth-order valence-corrected chi connectivity index (χ4v) is 4.01. The SMILES string of the molecule is Cc1cc(-c2cc(C(=O)N3C4CC[C@H]3CC(C(=O)O)C4)[nH]n2)ncn1. The summed E-state index contributed by atoms with van der Waals surface area (Å²) < 4.78 is 0. The van der Waals surface area contributed by atoms with E-state index in [-0.39, 0.29) is 23.9 Å². The predicted molar refractivity (Wildman–Crippen MR) is 87.7 cm³/mol. The molecule has 25 heavy (non-hydrogen) atoms. The Bertz CT molecular complexity index is 819. The first-order valence-corrected chi connectivity index (χ1v) is 8.43. The lowest BCUT2D eigenvalue weighted by Gasteiger charge is -2.37. The first-order valence-electron chi connectivity index (χ1n) is 8.43. The molecule has 0 spiro atoms. The molecular weight excluding hydrogens is 322 g/mol. The van der Waals surface area contributed by atoms with Crippen molar-refractivity contribution in [1.82, 2.24) is 25.1 Å². The zero-order valence-corrected chi connectivity index (χ0v) is 13.8. The summed E-state index contributed by atoms with van der Waals surface area (Å²) in [5, 5.41) is 16.3. The maximum Gasteiger partial charge on any atom is 0.306 e. The highest BCUT2D eigenvalue weighted by atomic mass is 16.4.